The SMILES string of the molecule is CC(C)C(CS)CN1CCC2C(CCCN2C)C1. The summed E-state index contributed by atoms with van der Waals surface area (Å²) in [5, 5.41) is 0. The van der Waals surface area contributed by atoms with Gasteiger partial charge in [-0.15, -0.1) is 0 Å². The third kappa shape index (κ3) is 3.43. The quantitative estimate of drug-likeness (QED) is 0.785. The van der Waals surface area contributed by atoms with Crippen LogP contribution in [0.5, 0.6) is 0 Å². The Morgan fingerprint density at radius 3 is 2.67 bits per heavy atom. The van der Waals surface area contributed by atoms with Crippen molar-refractivity contribution in [1.82, 2.24) is 9.80 Å². The summed E-state index contributed by atoms with van der Waals surface area (Å²) in [5.74, 6) is 3.47. The fourth-order valence-corrected chi connectivity index (χ4v) is 4.24. The molecule has 0 amide bonds. The molecular weight excluding hydrogens is 240 g/mol. The summed E-state index contributed by atoms with van der Waals surface area (Å²) in [6.07, 6.45) is 4.21. The number of nitrogens with zero attached hydrogens (tertiary/aromatic N) is 2. The van der Waals surface area contributed by atoms with Gasteiger partial charge in [0.2, 0.25) is 0 Å². The van der Waals surface area contributed by atoms with Crippen molar-refractivity contribution >= 4 is 12.6 Å². The Morgan fingerprint density at radius 2 is 2.00 bits per heavy atom. The molecule has 3 unspecified atom stereocenters. The number of piperidine rings is 2. The second-order valence-electron chi connectivity index (χ2n) is 6.69. The van der Waals surface area contributed by atoms with E-state index in [1.807, 2.05) is 0 Å². The predicted molar refractivity (Wildman–Crippen MR) is 82.4 cm³/mol. The first-order valence-corrected chi connectivity index (χ1v) is 8.28. The fraction of sp³-hybridized carbons (Fsp3) is 1.00. The molecule has 0 N–H and O–H groups in total. The molecule has 2 fully saturated rings. The van der Waals surface area contributed by atoms with Crippen molar-refractivity contribution in [2.45, 2.75) is 39.2 Å². The largest absolute Gasteiger partial charge is 0.303 e. The lowest BCUT2D eigenvalue weighted by molar-refractivity contribution is 0.0310. The second-order valence-corrected chi connectivity index (χ2v) is 7.05. The molecule has 2 heterocycles. The van der Waals surface area contributed by atoms with E-state index in [1.165, 1.54) is 45.4 Å². The molecule has 0 aromatic carbocycles. The Bertz CT molecular complexity index is 257. The minimum atomic E-state index is 0.756. The molecule has 0 spiro atoms. The van der Waals surface area contributed by atoms with Crippen molar-refractivity contribution in [1.29, 1.82) is 0 Å². The predicted octanol–water partition coefficient (Wildman–Crippen LogP) is 2.60. The first kappa shape index (κ1) is 14.7. The van der Waals surface area contributed by atoms with Crippen LogP contribution < -0.4 is 0 Å². The number of hydrogen-bond acceptors (Lipinski definition) is 3. The molecule has 0 bridgehead atoms. The van der Waals surface area contributed by atoms with Crippen LogP contribution in [0.4, 0.5) is 0 Å². The maximum Gasteiger partial charge on any atom is 0.0145 e. The minimum Gasteiger partial charge on any atom is -0.303 e. The maximum atomic E-state index is 4.53. The molecular formula is C15H30N2S. The van der Waals surface area contributed by atoms with Gasteiger partial charge < -0.3 is 9.80 Å². The molecule has 0 aliphatic carbocycles. The topological polar surface area (TPSA) is 6.48 Å². The van der Waals surface area contributed by atoms with E-state index in [4.69, 9.17) is 0 Å². The van der Waals surface area contributed by atoms with E-state index in [9.17, 15) is 0 Å². The van der Waals surface area contributed by atoms with Gasteiger partial charge in [-0.2, -0.15) is 12.6 Å². The van der Waals surface area contributed by atoms with Crippen LogP contribution >= 0.6 is 12.6 Å². The van der Waals surface area contributed by atoms with Crippen LogP contribution in [0.1, 0.15) is 33.1 Å². The third-order valence-electron chi connectivity index (χ3n) is 5.10. The first-order chi connectivity index (χ1) is 8.61. The number of hydrogen-bond donors (Lipinski definition) is 1. The zero-order valence-corrected chi connectivity index (χ0v) is 13.2. The highest BCUT2D eigenvalue weighted by Crippen LogP contribution is 2.30. The molecule has 0 saturated carbocycles. The van der Waals surface area contributed by atoms with E-state index in [2.05, 4.69) is 43.3 Å². The molecule has 106 valence electrons. The third-order valence-corrected chi connectivity index (χ3v) is 5.57. The van der Waals surface area contributed by atoms with Gasteiger partial charge in [-0.25, -0.2) is 0 Å². The Morgan fingerprint density at radius 1 is 1.22 bits per heavy atom. The van der Waals surface area contributed by atoms with Gasteiger partial charge in [-0.1, -0.05) is 13.8 Å². The molecule has 0 radical (unpaired) electrons. The maximum absolute atomic E-state index is 4.53. The van der Waals surface area contributed by atoms with Crippen molar-refractivity contribution < 1.29 is 0 Å². The van der Waals surface area contributed by atoms with Gasteiger partial charge in [-0.05, 0) is 62.9 Å². The van der Waals surface area contributed by atoms with E-state index in [0.717, 1.165) is 29.5 Å². The van der Waals surface area contributed by atoms with Gasteiger partial charge in [0, 0.05) is 19.1 Å². The molecule has 2 rings (SSSR count). The highest BCUT2D eigenvalue weighted by atomic mass is 32.1. The molecule has 3 heteroatoms. The summed E-state index contributed by atoms with van der Waals surface area (Å²) in [6.45, 7) is 9.86. The van der Waals surface area contributed by atoms with E-state index in [0.29, 0.717) is 0 Å². The van der Waals surface area contributed by atoms with Gasteiger partial charge in [0.1, 0.15) is 0 Å². The summed E-state index contributed by atoms with van der Waals surface area (Å²) in [7, 11) is 2.32. The lowest BCUT2D eigenvalue weighted by Gasteiger charge is -2.46. The van der Waals surface area contributed by atoms with Gasteiger partial charge in [0.25, 0.3) is 0 Å². The number of thiol groups is 1. The van der Waals surface area contributed by atoms with Crippen molar-refractivity contribution in [2.24, 2.45) is 17.8 Å². The number of fused-ring (bicyclic) bond motifs is 1. The van der Waals surface area contributed by atoms with Gasteiger partial charge in [0.05, 0.1) is 0 Å². The van der Waals surface area contributed by atoms with E-state index in [1.54, 1.807) is 0 Å². The lowest BCUT2D eigenvalue weighted by Crippen LogP contribution is -2.53. The lowest BCUT2D eigenvalue weighted by atomic mass is 9.83. The van der Waals surface area contributed by atoms with Crippen molar-refractivity contribution in [3.8, 4) is 0 Å². The average Bonchev–Trinajstić information content (AvgIpc) is 2.35. The first-order valence-electron chi connectivity index (χ1n) is 7.65. The Kier molecular flexibility index (Phi) is 5.40. The smallest absolute Gasteiger partial charge is 0.0145 e. The molecule has 2 aliphatic heterocycles. The molecule has 2 aliphatic rings. The Labute approximate surface area is 119 Å². The summed E-state index contributed by atoms with van der Waals surface area (Å²) in [4.78, 5) is 5.31. The molecule has 3 atom stereocenters. The minimum absolute atomic E-state index is 0.756. The van der Waals surface area contributed by atoms with Crippen molar-refractivity contribution in [3.05, 3.63) is 0 Å². The monoisotopic (exact) mass is 270 g/mol. The standard InChI is InChI=1S/C15H30N2S/c1-12(2)14(11-18)10-17-8-6-15-13(9-17)5-4-7-16(15)3/h12-15,18H,4-11H2,1-3H3. The van der Waals surface area contributed by atoms with Crippen LogP contribution in [0.15, 0.2) is 0 Å². The molecule has 0 aromatic heterocycles. The zero-order chi connectivity index (χ0) is 13.1. The van der Waals surface area contributed by atoms with E-state index in [-0.39, 0.29) is 0 Å². The Balaban J connectivity index is 1.86. The Hall–Kier alpha value is 0.270. The van der Waals surface area contributed by atoms with Gasteiger partial charge >= 0.3 is 0 Å². The van der Waals surface area contributed by atoms with Crippen LogP contribution in [0.3, 0.4) is 0 Å². The van der Waals surface area contributed by atoms with Crippen LogP contribution in [-0.2, 0) is 0 Å². The highest BCUT2D eigenvalue weighted by molar-refractivity contribution is 7.80. The van der Waals surface area contributed by atoms with Crippen LogP contribution in [0, 0.1) is 17.8 Å². The molecule has 18 heavy (non-hydrogen) atoms. The summed E-state index contributed by atoms with van der Waals surface area (Å²) in [6, 6.07) is 0.864. The van der Waals surface area contributed by atoms with Gasteiger partial charge in [-0.3, -0.25) is 0 Å². The normalized spacial score (nSPS) is 32.5. The van der Waals surface area contributed by atoms with Crippen molar-refractivity contribution in [2.75, 3.05) is 39.0 Å². The van der Waals surface area contributed by atoms with Crippen LogP contribution in [-0.4, -0.2) is 54.8 Å². The van der Waals surface area contributed by atoms with E-state index >= 15 is 0 Å². The zero-order valence-electron chi connectivity index (χ0n) is 12.3. The van der Waals surface area contributed by atoms with Crippen LogP contribution in [0.25, 0.3) is 0 Å². The molecule has 2 saturated heterocycles. The highest BCUT2D eigenvalue weighted by Gasteiger charge is 2.34. The fourth-order valence-electron chi connectivity index (χ4n) is 3.70. The second kappa shape index (κ2) is 6.62. The summed E-state index contributed by atoms with van der Waals surface area (Å²) in [5.41, 5.74) is 0. The number of likely N-dealkylation sites (tertiary alicyclic amines) is 2. The molecule has 0 aromatic rings. The van der Waals surface area contributed by atoms with Crippen LogP contribution in [0.2, 0.25) is 0 Å². The van der Waals surface area contributed by atoms with Crippen molar-refractivity contribution in [3.63, 3.8) is 0 Å². The molecule has 2 nitrogen and oxygen atoms in total. The average molecular weight is 270 g/mol. The number of rotatable bonds is 4. The van der Waals surface area contributed by atoms with Gasteiger partial charge in [0.15, 0.2) is 0 Å². The summed E-state index contributed by atoms with van der Waals surface area (Å²) < 4.78 is 0. The van der Waals surface area contributed by atoms with E-state index < -0.39 is 0 Å². The summed E-state index contributed by atoms with van der Waals surface area (Å²) >= 11 is 4.53.